The standard InChI is InChI=1S/C16H23NO/c1-3-12(2)15-16(18)9-14(16)11-17(15)10-13-7-5-4-6-8-13/h4-8,12,14-15,18H,3,9-11H2,1-2H3/t12?,14?,15-,16-/m0/s1. The first-order valence-corrected chi connectivity index (χ1v) is 7.15. The number of rotatable bonds is 4. The summed E-state index contributed by atoms with van der Waals surface area (Å²) in [5.41, 5.74) is 0.986. The van der Waals surface area contributed by atoms with Gasteiger partial charge in [-0.15, -0.1) is 0 Å². The van der Waals surface area contributed by atoms with E-state index in [2.05, 4.69) is 49.1 Å². The molecule has 0 bridgehead atoms. The molecule has 2 heteroatoms. The van der Waals surface area contributed by atoms with E-state index < -0.39 is 0 Å². The van der Waals surface area contributed by atoms with Gasteiger partial charge < -0.3 is 5.11 Å². The van der Waals surface area contributed by atoms with Gasteiger partial charge in [0, 0.05) is 25.0 Å². The SMILES string of the molecule is CCC(C)[C@@H]1N(Cc2ccccc2)CC2C[C@]21O. The van der Waals surface area contributed by atoms with Crippen LogP contribution in [-0.2, 0) is 6.54 Å². The van der Waals surface area contributed by atoms with Crippen molar-refractivity contribution in [3.05, 3.63) is 35.9 Å². The number of likely N-dealkylation sites (tertiary alicyclic amines) is 1. The lowest BCUT2D eigenvalue weighted by Crippen LogP contribution is -2.44. The summed E-state index contributed by atoms with van der Waals surface area (Å²) in [4.78, 5) is 2.50. The zero-order valence-corrected chi connectivity index (χ0v) is 11.3. The molecule has 98 valence electrons. The van der Waals surface area contributed by atoms with Crippen LogP contribution in [0.2, 0.25) is 0 Å². The first-order valence-electron chi connectivity index (χ1n) is 7.15. The topological polar surface area (TPSA) is 23.5 Å². The fourth-order valence-electron chi connectivity index (χ4n) is 3.69. The normalized spacial score (nSPS) is 36.4. The number of nitrogens with zero attached hydrogens (tertiary/aromatic N) is 1. The van der Waals surface area contributed by atoms with E-state index in [4.69, 9.17) is 0 Å². The molecule has 1 aromatic carbocycles. The van der Waals surface area contributed by atoms with Crippen molar-refractivity contribution < 1.29 is 5.11 Å². The van der Waals surface area contributed by atoms with Crippen molar-refractivity contribution in [2.24, 2.45) is 11.8 Å². The Hall–Kier alpha value is -0.860. The molecule has 18 heavy (non-hydrogen) atoms. The average molecular weight is 245 g/mol. The van der Waals surface area contributed by atoms with Gasteiger partial charge in [-0.1, -0.05) is 50.6 Å². The molecule has 0 radical (unpaired) electrons. The summed E-state index contributed by atoms with van der Waals surface area (Å²) in [6, 6.07) is 11.0. The molecule has 2 nitrogen and oxygen atoms in total. The Kier molecular flexibility index (Phi) is 2.95. The maximum atomic E-state index is 10.6. The Labute approximate surface area is 110 Å². The van der Waals surface area contributed by atoms with Crippen LogP contribution in [0.25, 0.3) is 0 Å². The predicted molar refractivity (Wildman–Crippen MR) is 73.2 cm³/mol. The maximum absolute atomic E-state index is 10.6. The smallest absolute Gasteiger partial charge is 0.0850 e. The van der Waals surface area contributed by atoms with E-state index in [0.717, 1.165) is 25.9 Å². The van der Waals surface area contributed by atoms with Crippen LogP contribution in [0.4, 0.5) is 0 Å². The van der Waals surface area contributed by atoms with Crippen LogP contribution < -0.4 is 0 Å². The van der Waals surface area contributed by atoms with Crippen LogP contribution in [-0.4, -0.2) is 28.2 Å². The highest BCUT2D eigenvalue weighted by Gasteiger charge is 2.65. The Balaban J connectivity index is 1.76. The highest BCUT2D eigenvalue weighted by atomic mass is 16.3. The number of piperidine rings is 1. The molecule has 2 unspecified atom stereocenters. The average Bonchev–Trinajstić information content (AvgIpc) is 2.93. The molecule has 1 saturated heterocycles. The third-order valence-electron chi connectivity index (χ3n) is 4.89. The van der Waals surface area contributed by atoms with E-state index >= 15 is 0 Å². The van der Waals surface area contributed by atoms with Crippen molar-refractivity contribution >= 4 is 0 Å². The van der Waals surface area contributed by atoms with Crippen molar-refractivity contribution in [3.63, 3.8) is 0 Å². The van der Waals surface area contributed by atoms with Gasteiger partial charge in [0.05, 0.1) is 5.60 Å². The van der Waals surface area contributed by atoms with Crippen molar-refractivity contribution in [3.8, 4) is 0 Å². The molecule has 1 heterocycles. The molecule has 0 amide bonds. The summed E-state index contributed by atoms with van der Waals surface area (Å²) in [5.74, 6) is 1.10. The van der Waals surface area contributed by atoms with Crippen molar-refractivity contribution in [1.29, 1.82) is 0 Å². The fraction of sp³-hybridized carbons (Fsp3) is 0.625. The second-order valence-corrected chi connectivity index (χ2v) is 6.14. The zero-order valence-electron chi connectivity index (χ0n) is 11.3. The van der Waals surface area contributed by atoms with Crippen molar-refractivity contribution in [2.45, 2.75) is 44.9 Å². The predicted octanol–water partition coefficient (Wildman–Crippen LogP) is 2.67. The van der Waals surface area contributed by atoms with Crippen LogP contribution >= 0.6 is 0 Å². The van der Waals surface area contributed by atoms with Crippen LogP contribution in [0.5, 0.6) is 0 Å². The molecule has 2 fully saturated rings. The minimum Gasteiger partial charge on any atom is -0.388 e. The Bertz CT molecular complexity index is 418. The van der Waals surface area contributed by atoms with Crippen LogP contribution in [0.15, 0.2) is 30.3 Å². The number of aliphatic hydroxyl groups is 1. The summed E-state index contributed by atoms with van der Waals surface area (Å²) in [6.07, 6.45) is 2.16. The minimum atomic E-state index is -0.371. The molecule has 1 aliphatic heterocycles. The minimum absolute atomic E-state index is 0.354. The van der Waals surface area contributed by atoms with E-state index in [1.165, 1.54) is 5.56 Å². The molecule has 0 aromatic heterocycles. The van der Waals surface area contributed by atoms with Gasteiger partial charge in [0.25, 0.3) is 0 Å². The largest absolute Gasteiger partial charge is 0.388 e. The monoisotopic (exact) mass is 245 g/mol. The summed E-state index contributed by atoms with van der Waals surface area (Å²) in [7, 11) is 0. The molecule has 3 rings (SSSR count). The molecule has 0 spiro atoms. The lowest BCUT2D eigenvalue weighted by atomic mass is 9.92. The van der Waals surface area contributed by atoms with Crippen LogP contribution in [0.3, 0.4) is 0 Å². The van der Waals surface area contributed by atoms with Gasteiger partial charge in [-0.25, -0.2) is 0 Å². The number of hydrogen-bond acceptors (Lipinski definition) is 2. The summed E-state index contributed by atoms with van der Waals surface area (Å²) >= 11 is 0. The molecular weight excluding hydrogens is 222 g/mol. The van der Waals surface area contributed by atoms with Gasteiger partial charge in [0.2, 0.25) is 0 Å². The number of hydrogen-bond donors (Lipinski definition) is 1. The Morgan fingerprint density at radius 1 is 1.39 bits per heavy atom. The highest BCUT2D eigenvalue weighted by molar-refractivity contribution is 5.21. The quantitative estimate of drug-likeness (QED) is 0.881. The number of benzene rings is 1. The van der Waals surface area contributed by atoms with Crippen LogP contribution in [0, 0.1) is 11.8 Å². The van der Waals surface area contributed by atoms with E-state index in [1.54, 1.807) is 0 Å². The molecule has 2 aliphatic rings. The Morgan fingerprint density at radius 3 is 2.78 bits per heavy atom. The molecule has 1 aromatic rings. The molecule has 4 atom stereocenters. The van der Waals surface area contributed by atoms with E-state index in [-0.39, 0.29) is 5.60 Å². The van der Waals surface area contributed by atoms with Gasteiger partial charge in [0.1, 0.15) is 0 Å². The summed E-state index contributed by atoms with van der Waals surface area (Å²) in [6.45, 7) is 6.56. The second kappa shape index (κ2) is 4.36. The van der Waals surface area contributed by atoms with Gasteiger partial charge in [0.15, 0.2) is 0 Å². The van der Waals surface area contributed by atoms with Gasteiger partial charge in [-0.2, -0.15) is 0 Å². The molecule has 1 saturated carbocycles. The lowest BCUT2D eigenvalue weighted by Gasteiger charge is -2.34. The van der Waals surface area contributed by atoms with E-state index in [1.807, 2.05) is 0 Å². The molecule has 1 N–H and O–H groups in total. The summed E-state index contributed by atoms with van der Waals surface area (Å²) in [5, 5.41) is 10.6. The van der Waals surface area contributed by atoms with Crippen molar-refractivity contribution in [1.82, 2.24) is 4.90 Å². The second-order valence-electron chi connectivity index (χ2n) is 6.14. The molecule has 1 aliphatic carbocycles. The zero-order chi connectivity index (χ0) is 12.8. The number of fused-ring (bicyclic) bond motifs is 1. The Morgan fingerprint density at radius 2 is 2.11 bits per heavy atom. The van der Waals surface area contributed by atoms with Gasteiger partial charge in [-0.05, 0) is 17.9 Å². The molecular formula is C16H23NO. The lowest BCUT2D eigenvalue weighted by molar-refractivity contribution is 0.0336. The van der Waals surface area contributed by atoms with Crippen LogP contribution in [0.1, 0.15) is 32.3 Å². The first kappa shape index (κ1) is 12.2. The third-order valence-corrected chi connectivity index (χ3v) is 4.89. The highest BCUT2D eigenvalue weighted by Crippen LogP contribution is 2.56. The van der Waals surface area contributed by atoms with Gasteiger partial charge >= 0.3 is 0 Å². The fourth-order valence-corrected chi connectivity index (χ4v) is 3.69. The van der Waals surface area contributed by atoms with Gasteiger partial charge in [-0.3, -0.25) is 4.90 Å². The van der Waals surface area contributed by atoms with E-state index in [9.17, 15) is 5.11 Å². The third kappa shape index (κ3) is 1.88. The summed E-state index contributed by atoms with van der Waals surface area (Å²) < 4.78 is 0. The van der Waals surface area contributed by atoms with E-state index in [0.29, 0.717) is 17.9 Å². The maximum Gasteiger partial charge on any atom is 0.0850 e. The van der Waals surface area contributed by atoms with Crippen molar-refractivity contribution in [2.75, 3.05) is 6.54 Å². The first-order chi connectivity index (χ1) is 8.65.